The first-order valence-corrected chi connectivity index (χ1v) is 2.86. The van der Waals surface area contributed by atoms with E-state index in [1.54, 1.807) is 0 Å². The van der Waals surface area contributed by atoms with E-state index in [2.05, 4.69) is 4.74 Å². The van der Waals surface area contributed by atoms with Crippen LogP contribution in [0.1, 0.15) is 20.8 Å². The van der Waals surface area contributed by atoms with Crippen LogP contribution in [-0.4, -0.2) is 55.2 Å². The molecule has 0 aliphatic heterocycles. The third-order valence-electron chi connectivity index (χ3n) is 0.992. The molecule has 0 radical (unpaired) electrons. The fourth-order valence-electron chi connectivity index (χ4n) is 0.410. The van der Waals surface area contributed by atoms with E-state index < -0.39 is 17.5 Å². The van der Waals surface area contributed by atoms with E-state index in [1.807, 2.05) is 0 Å². The Labute approximate surface area is 95.5 Å². The van der Waals surface area contributed by atoms with E-state index in [1.165, 1.54) is 20.8 Å². The molecule has 0 aromatic carbocycles. The summed E-state index contributed by atoms with van der Waals surface area (Å²) < 4.78 is 4.59. The van der Waals surface area contributed by atoms with E-state index in [4.69, 9.17) is 5.73 Å². The molecule has 0 unspecified atom stereocenters. The Morgan fingerprint density at radius 2 is 1.73 bits per heavy atom. The number of primary amides is 1. The predicted molar refractivity (Wildman–Crippen MR) is 43.6 cm³/mol. The molecule has 0 fully saturated rings. The summed E-state index contributed by atoms with van der Waals surface area (Å²) in [4.78, 5) is 20.8. The summed E-state index contributed by atoms with van der Waals surface area (Å²) in [6.07, 6.45) is 0. The van der Waals surface area contributed by atoms with Gasteiger partial charge in [-0.15, -0.1) is 0 Å². The van der Waals surface area contributed by atoms with Crippen molar-refractivity contribution in [1.29, 1.82) is 0 Å². The number of nitrogens with two attached hydrogens (primary N) is 1. The molecule has 0 aliphatic carbocycles. The number of rotatable bonds is 2. The van der Waals surface area contributed by atoms with Crippen molar-refractivity contribution >= 4 is 49.6 Å². The number of amides is 1. The molecule has 0 saturated heterocycles. The van der Waals surface area contributed by atoms with Crippen molar-refractivity contribution in [2.24, 2.45) is 5.73 Å². The molecule has 1 amide bonds. The maximum atomic E-state index is 10.5. The molecule has 0 bridgehead atoms. The van der Waals surface area contributed by atoms with Crippen molar-refractivity contribution in [3.63, 3.8) is 0 Å². The third kappa shape index (κ3) is 5.47. The van der Waals surface area contributed by atoms with Crippen LogP contribution in [0.15, 0.2) is 0 Å². The zero-order valence-corrected chi connectivity index (χ0v) is 6.30. The number of carbonyl (C=O) groups excluding carboxylic acids is 2. The van der Waals surface area contributed by atoms with Crippen molar-refractivity contribution in [2.75, 3.05) is 0 Å². The Hall–Kier alpha value is 0.200. The van der Waals surface area contributed by atoms with Crippen molar-refractivity contribution in [3.05, 3.63) is 0 Å². The monoisotopic (exact) mass is 187 g/mol. The fourth-order valence-corrected chi connectivity index (χ4v) is 0.410. The molecular weight excluding hydrogens is 174 g/mol. The molecule has 0 spiro atoms. The predicted octanol–water partition coefficient (Wildman–Crippen LogP) is -1.10. The quantitative estimate of drug-likeness (QED) is 0.440. The zero-order chi connectivity index (χ0) is 8.36. The van der Waals surface area contributed by atoms with Crippen molar-refractivity contribution < 1.29 is 14.3 Å². The summed E-state index contributed by atoms with van der Waals surface area (Å²) in [5, 5.41) is 0. The van der Waals surface area contributed by atoms with Crippen LogP contribution in [-0.2, 0) is 14.3 Å². The molecule has 0 aliphatic rings. The molecule has 0 aromatic rings. The first-order chi connectivity index (χ1) is 4.36. The van der Waals surface area contributed by atoms with E-state index >= 15 is 0 Å². The van der Waals surface area contributed by atoms with Gasteiger partial charge in [-0.25, -0.2) is 0 Å². The van der Waals surface area contributed by atoms with E-state index in [0.717, 1.165) is 0 Å². The van der Waals surface area contributed by atoms with Crippen LogP contribution in [0.2, 0.25) is 0 Å². The van der Waals surface area contributed by atoms with Gasteiger partial charge in [-0.1, -0.05) is 0 Å². The minimum atomic E-state index is -1.19. The Kier molecular flexibility index (Phi) is 6.20. The van der Waals surface area contributed by atoms with Crippen LogP contribution in [0.25, 0.3) is 0 Å². The van der Waals surface area contributed by atoms with Gasteiger partial charge in [-0.05, 0) is 13.8 Å². The Bertz CT molecular complexity index is 167. The first-order valence-electron chi connectivity index (χ1n) is 2.86. The SMILES string of the molecule is CC(=O)OC(C)(C)C(N)=O.[CaH2]. The van der Waals surface area contributed by atoms with Gasteiger partial charge in [0.05, 0.1) is 0 Å². The average Bonchev–Trinajstić information content (AvgIpc) is 1.60. The van der Waals surface area contributed by atoms with Gasteiger partial charge in [0.1, 0.15) is 0 Å². The van der Waals surface area contributed by atoms with Crippen LogP contribution in [0, 0.1) is 0 Å². The van der Waals surface area contributed by atoms with Crippen molar-refractivity contribution in [1.82, 2.24) is 0 Å². The summed E-state index contributed by atoms with van der Waals surface area (Å²) >= 11 is 0. The Balaban J connectivity index is 0. The summed E-state index contributed by atoms with van der Waals surface area (Å²) in [6.45, 7) is 4.11. The summed E-state index contributed by atoms with van der Waals surface area (Å²) in [5.41, 5.74) is 3.71. The van der Waals surface area contributed by atoms with Crippen molar-refractivity contribution in [3.8, 4) is 0 Å². The van der Waals surface area contributed by atoms with Gasteiger partial charge in [0.15, 0.2) is 5.60 Å². The number of hydrogen-bond acceptors (Lipinski definition) is 3. The van der Waals surface area contributed by atoms with Crippen LogP contribution in [0.3, 0.4) is 0 Å². The molecule has 62 valence electrons. The van der Waals surface area contributed by atoms with Gasteiger partial charge < -0.3 is 10.5 Å². The van der Waals surface area contributed by atoms with E-state index in [0.29, 0.717) is 0 Å². The second-order valence-corrected chi connectivity index (χ2v) is 2.47. The van der Waals surface area contributed by atoms with Crippen molar-refractivity contribution in [2.45, 2.75) is 26.4 Å². The molecule has 5 heteroatoms. The Morgan fingerprint density at radius 1 is 1.36 bits per heavy atom. The van der Waals surface area contributed by atoms with Gasteiger partial charge in [-0.2, -0.15) is 0 Å². The molecule has 0 rings (SSSR count). The van der Waals surface area contributed by atoms with Gasteiger partial charge in [0, 0.05) is 6.92 Å². The normalized spacial score (nSPS) is 9.73. The van der Waals surface area contributed by atoms with E-state index in [-0.39, 0.29) is 37.7 Å². The fraction of sp³-hybridized carbons (Fsp3) is 0.667. The van der Waals surface area contributed by atoms with E-state index in [9.17, 15) is 9.59 Å². The molecule has 4 nitrogen and oxygen atoms in total. The zero-order valence-electron chi connectivity index (χ0n) is 6.30. The minimum absolute atomic E-state index is 0. The summed E-state index contributed by atoms with van der Waals surface area (Å²) in [6, 6.07) is 0. The summed E-state index contributed by atoms with van der Waals surface area (Å²) in [5.74, 6) is -1.16. The Morgan fingerprint density at radius 3 is 1.82 bits per heavy atom. The first kappa shape index (κ1) is 13.8. The second-order valence-electron chi connectivity index (χ2n) is 2.47. The summed E-state index contributed by atoms with van der Waals surface area (Å²) in [7, 11) is 0. The number of carbonyl (C=O) groups is 2. The topological polar surface area (TPSA) is 69.4 Å². The molecule has 11 heavy (non-hydrogen) atoms. The second kappa shape index (κ2) is 4.95. The molecule has 2 N–H and O–H groups in total. The van der Waals surface area contributed by atoms with Crippen LogP contribution in [0.5, 0.6) is 0 Å². The third-order valence-corrected chi connectivity index (χ3v) is 0.992. The molecule has 0 aromatic heterocycles. The van der Waals surface area contributed by atoms with Crippen LogP contribution < -0.4 is 5.73 Å². The molecule has 0 saturated carbocycles. The average molecular weight is 187 g/mol. The van der Waals surface area contributed by atoms with Gasteiger partial charge in [-0.3, -0.25) is 9.59 Å². The molecular formula is C6H13CaNO3. The number of hydrogen-bond donors (Lipinski definition) is 1. The van der Waals surface area contributed by atoms with Crippen LogP contribution in [0.4, 0.5) is 0 Å². The standard InChI is InChI=1S/C6H11NO3.Ca.2H/c1-4(8)10-6(2,3)5(7)9;;;/h1-3H3,(H2,7,9);;;. The van der Waals surface area contributed by atoms with Gasteiger partial charge in [0.25, 0.3) is 5.91 Å². The molecule has 0 heterocycles. The maximum absolute atomic E-state index is 10.5. The van der Waals surface area contributed by atoms with Gasteiger partial charge in [0.2, 0.25) is 0 Å². The number of esters is 1. The molecule has 0 atom stereocenters. The number of ether oxygens (including phenoxy) is 1. The van der Waals surface area contributed by atoms with Crippen LogP contribution >= 0.6 is 0 Å². The van der Waals surface area contributed by atoms with Gasteiger partial charge >= 0.3 is 43.7 Å².